The lowest BCUT2D eigenvalue weighted by atomic mass is 10.0. The monoisotopic (exact) mass is 260 g/mol. The fourth-order valence-electron chi connectivity index (χ4n) is 1.37. The summed E-state index contributed by atoms with van der Waals surface area (Å²) in [5, 5.41) is 17.9. The summed E-state index contributed by atoms with van der Waals surface area (Å²) in [6.07, 6.45) is -1.55. The molecule has 0 bridgehead atoms. The van der Waals surface area contributed by atoms with Gasteiger partial charge in [0.15, 0.2) is 6.10 Å². The fraction of sp³-hybridized carbons (Fsp3) is 0.273. The molecule has 1 unspecified atom stereocenters. The number of carbonyl (C=O) groups is 2. The summed E-state index contributed by atoms with van der Waals surface area (Å²) in [6, 6.07) is 2.08. The molecule has 0 heterocycles. The van der Waals surface area contributed by atoms with E-state index in [0.717, 1.165) is 12.1 Å². The maximum absolute atomic E-state index is 12.1. The minimum Gasteiger partial charge on any atom is -0.479 e. The van der Waals surface area contributed by atoms with Crippen molar-refractivity contribution in [3.8, 4) is 5.75 Å². The number of hydrogen-bond acceptors (Lipinski definition) is 4. The third-order valence-electron chi connectivity index (χ3n) is 2.32. The zero-order valence-corrected chi connectivity index (χ0v) is 9.26. The Morgan fingerprint density at radius 1 is 1.44 bits per heavy atom. The Kier molecular flexibility index (Phi) is 4.33. The predicted molar refractivity (Wildman–Crippen MR) is 55.8 cm³/mol. The van der Waals surface area contributed by atoms with Gasteiger partial charge in [-0.05, 0) is 24.6 Å². The predicted octanol–water partition coefficient (Wildman–Crippen LogP) is 1.53. The quantitative estimate of drug-likeness (QED) is 0.784. The molecule has 0 amide bonds. The van der Waals surface area contributed by atoms with E-state index in [-0.39, 0.29) is 22.4 Å². The smallest absolute Gasteiger partial charge is 0.387 e. The van der Waals surface area contributed by atoms with E-state index in [9.17, 15) is 23.5 Å². The summed E-state index contributed by atoms with van der Waals surface area (Å²) in [5.41, 5.74) is -0.0825. The summed E-state index contributed by atoms with van der Waals surface area (Å²) in [4.78, 5) is 21.3. The highest BCUT2D eigenvalue weighted by Crippen LogP contribution is 2.28. The molecule has 1 aromatic carbocycles. The van der Waals surface area contributed by atoms with Gasteiger partial charge in [-0.25, -0.2) is 4.79 Å². The third kappa shape index (κ3) is 3.01. The summed E-state index contributed by atoms with van der Waals surface area (Å²) in [6.45, 7) is -1.74. The summed E-state index contributed by atoms with van der Waals surface area (Å²) >= 11 is 0. The molecule has 0 spiro atoms. The maximum atomic E-state index is 12.1. The average Bonchev–Trinajstić information content (AvgIpc) is 2.30. The fourth-order valence-corrected chi connectivity index (χ4v) is 1.37. The van der Waals surface area contributed by atoms with Gasteiger partial charge < -0.3 is 14.9 Å². The van der Waals surface area contributed by atoms with Crippen LogP contribution in [0.1, 0.15) is 27.6 Å². The first-order chi connectivity index (χ1) is 8.36. The van der Waals surface area contributed by atoms with E-state index in [1.165, 1.54) is 6.92 Å². The molecule has 2 N–H and O–H groups in total. The number of rotatable bonds is 5. The second kappa shape index (κ2) is 5.54. The van der Waals surface area contributed by atoms with Crippen molar-refractivity contribution in [3.63, 3.8) is 0 Å². The van der Waals surface area contributed by atoms with Gasteiger partial charge in [0.05, 0.1) is 0 Å². The lowest BCUT2D eigenvalue weighted by molar-refractivity contribution is -0.146. The average molecular weight is 260 g/mol. The Hall–Kier alpha value is -2.02. The van der Waals surface area contributed by atoms with Crippen LogP contribution in [0.2, 0.25) is 0 Å². The SMILES string of the molecule is Cc1c(C=O)cc(C(O)C(=O)O)cc1OC(F)F. The first kappa shape index (κ1) is 14.0. The van der Waals surface area contributed by atoms with Crippen molar-refractivity contribution in [2.24, 2.45) is 0 Å². The van der Waals surface area contributed by atoms with E-state index in [2.05, 4.69) is 4.74 Å². The molecule has 1 atom stereocenters. The van der Waals surface area contributed by atoms with Crippen molar-refractivity contribution in [2.45, 2.75) is 19.6 Å². The van der Waals surface area contributed by atoms with Crippen LogP contribution >= 0.6 is 0 Å². The van der Waals surface area contributed by atoms with E-state index in [1.807, 2.05) is 0 Å². The van der Waals surface area contributed by atoms with Gasteiger partial charge in [-0.2, -0.15) is 8.78 Å². The number of aliphatic hydroxyl groups is 1. The Morgan fingerprint density at radius 2 is 2.06 bits per heavy atom. The van der Waals surface area contributed by atoms with Crippen LogP contribution in [0.25, 0.3) is 0 Å². The second-order valence-corrected chi connectivity index (χ2v) is 3.47. The molecule has 0 aliphatic rings. The highest BCUT2D eigenvalue weighted by Gasteiger charge is 2.20. The molecule has 0 aromatic heterocycles. The largest absolute Gasteiger partial charge is 0.479 e. The highest BCUT2D eigenvalue weighted by molar-refractivity contribution is 5.81. The van der Waals surface area contributed by atoms with Gasteiger partial charge in [-0.3, -0.25) is 4.79 Å². The first-order valence-electron chi connectivity index (χ1n) is 4.82. The minimum absolute atomic E-state index is 0.0246. The molecule has 0 aliphatic carbocycles. The van der Waals surface area contributed by atoms with Crippen LogP contribution < -0.4 is 4.74 Å². The van der Waals surface area contributed by atoms with Crippen LogP contribution in [-0.4, -0.2) is 29.1 Å². The van der Waals surface area contributed by atoms with Crippen LogP contribution in [0.4, 0.5) is 8.78 Å². The van der Waals surface area contributed by atoms with Crippen molar-refractivity contribution in [2.75, 3.05) is 0 Å². The van der Waals surface area contributed by atoms with Crippen molar-refractivity contribution < 1.29 is 33.3 Å². The van der Waals surface area contributed by atoms with Gasteiger partial charge in [-0.15, -0.1) is 0 Å². The minimum atomic E-state index is -3.11. The van der Waals surface area contributed by atoms with Gasteiger partial charge in [0, 0.05) is 11.1 Å². The number of aliphatic hydroxyl groups excluding tert-OH is 1. The number of aliphatic carboxylic acids is 1. The molecule has 0 aliphatic heterocycles. The van der Waals surface area contributed by atoms with Crippen LogP contribution in [0.3, 0.4) is 0 Å². The maximum Gasteiger partial charge on any atom is 0.387 e. The summed E-state index contributed by atoms with van der Waals surface area (Å²) < 4.78 is 28.4. The van der Waals surface area contributed by atoms with E-state index in [4.69, 9.17) is 5.11 Å². The Balaban J connectivity index is 3.29. The molecule has 7 heteroatoms. The molecule has 18 heavy (non-hydrogen) atoms. The van der Waals surface area contributed by atoms with Gasteiger partial charge in [0.25, 0.3) is 0 Å². The van der Waals surface area contributed by atoms with Gasteiger partial charge >= 0.3 is 12.6 Å². The molecule has 5 nitrogen and oxygen atoms in total. The number of benzene rings is 1. The number of carboxylic acids is 1. The van der Waals surface area contributed by atoms with E-state index >= 15 is 0 Å². The van der Waals surface area contributed by atoms with E-state index < -0.39 is 18.7 Å². The van der Waals surface area contributed by atoms with Crippen molar-refractivity contribution in [1.29, 1.82) is 0 Å². The molecular weight excluding hydrogens is 250 g/mol. The van der Waals surface area contributed by atoms with Crippen molar-refractivity contribution >= 4 is 12.3 Å². The number of ether oxygens (including phenoxy) is 1. The summed E-state index contributed by atoms with van der Waals surface area (Å²) in [5.74, 6) is -1.90. The molecule has 1 aromatic rings. The number of carboxylic acid groups (broad SMARTS) is 1. The Morgan fingerprint density at radius 3 is 2.50 bits per heavy atom. The molecule has 0 radical (unpaired) electrons. The van der Waals surface area contributed by atoms with Gasteiger partial charge in [0.1, 0.15) is 12.0 Å². The standard InChI is InChI=1S/C11H10F2O5/c1-5-7(4-14)2-6(9(15)10(16)17)3-8(5)18-11(12)13/h2-4,9,11,15H,1H3,(H,16,17). The molecule has 0 saturated carbocycles. The molecule has 0 saturated heterocycles. The van der Waals surface area contributed by atoms with Crippen LogP contribution in [0.15, 0.2) is 12.1 Å². The number of halogens is 2. The topological polar surface area (TPSA) is 83.8 Å². The third-order valence-corrected chi connectivity index (χ3v) is 2.32. The van der Waals surface area contributed by atoms with Crippen LogP contribution in [-0.2, 0) is 4.79 Å². The lowest BCUT2D eigenvalue weighted by Gasteiger charge is -2.13. The Labute approximate surface area is 101 Å². The van der Waals surface area contributed by atoms with Crippen molar-refractivity contribution in [1.82, 2.24) is 0 Å². The molecular formula is C11H10F2O5. The van der Waals surface area contributed by atoms with E-state index in [1.54, 1.807) is 0 Å². The number of alkyl halides is 2. The van der Waals surface area contributed by atoms with Gasteiger partial charge in [0.2, 0.25) is 0 Å². The molecule has 98 valence electrons. The van der Waals surface area contributed by atoms with E-state index in [0.29, 0.717) is 6.29 Å². The zero-order valence-electron chi connectivity index (χ0n) is 9.26. The normalized spacial score (nSPS) is 12.3. The number of hydrogen-bond donors (Lipinski definition) is 2. The highest BCUT2D eigenvalue weighted by atomic mass is 19.3. The van der Waals surface area contributed by atoms with Crippen molar-refractivity contribution in [3.05, 3.63) is 28.8 Å². The second-order valence-electron chi connectivity index (χ2n) is 3.47. The summed E-state index contributed by atoms with van der Waals surface area (Å²) in [7, 11) is 0. The van der Waals surface area contributed by atoms with Crippen LogP contribution in [0, 0.1) is 6.92 Å². The lowest BCUT2D eigenvalue weighted by Crippen LogP contribution is -2.12. The van der Waals surface area contributed by atoms with Gasteiger partial charge in [-0.1, -0.05) is 0 Å². The number of aldehydes is 1. The molecule has 0 fully saturated rings. The zero-order chi connectivity index (χ0) is 13.9. The first-order valence-corrected chi connectivity index (χ1v) is 4.82. The number of carbonyl (C=O) groups excluding carboxylic acids is 1. The van der Waals surface area contributed by atoms with Crippen LogP contribution in [0.5, 0.6) is 5.75 Å². The molecule has 1 rings (SSSR count). The Bertz CT molecular complexity index is 473.